The fourth-order valence-electron chi connectivity index (χ4n) is 2.50. The van der Waals surface area contributed by atoms with E-state index in [1.54, 1.807) is 12.3 Å². The first-order valence-corrected chi connectivity index (χ1v) is 8.13. The lowest BCUT2D eigenvalue weighted by Crippen LogP contribution is -2.27. The van der Waals surface area contributed by atoms with Gasteiger partial charge in [0.05, 0.1) is 18.5 Å². The number of benzene rings is 1. The third-order valence-electron chi connectivity index (χ3n) is 3.69. The van der Waals surface area contributed by atoms with Crippen LogP contribution < -0.4 is 15.4 Å². The Morgan fingerprint density at radius 1 is 1.25 bits per heavy atom. The molecule has 1 aliphatic rings. The monoisotopic (exact) mass is 327 g/mol. The van der Waals surface area contributed by atoms with Crippen LogP contribution in [0.4, 0.5) is 17.2 Å². The van der Waals surface area contributed by atoms with Crippen LogP contribution >= 0.6 is 0 Å². The maximum atomic E-state index is 12.0. The number of rotatable bonds is 6. The zero-order chi connectivity index (χ0) is 16.8. The van der Waals surface area contributed by atoms with Crippen LogP contribution in [0.1, 0.15) is 19.8 Å². The SMILES string of the molecule is CCOc1ccc(Nc2ccc(NC(=O)C3CCCO3)nc2)cc1. The van der Waals surface area contributed by atoms with Gasteiger partial charge >= 0.3 is 0 Å². The van der Waals surface area contributed by atoms with Gasteiger partial charge in [0.2, 0.25) is 0 Å². The second-order valence-corrected chi connectivity index (χ2v) is 5.51. The van der Waals surface area contributed by atoms with Crippen molar-refractivity contribution in [2.24, 2.45) is 0 Å². The summed E-state index contributed by atoms with van der Waals surface area (Å²) in [7, 11) is 0. The van der Waals surface area contributed by atoms with Crippen molar-refractivity contribution < 1.29 is 14.3 Å². The molecule has 1 amide bonds. The number of carbonyl (C=O) groups excluding carboxylic acids is 1. The Balaban J connectivity index is 1.56. The summed E-state index contributed by atoms with van der Waals surface area (Å²) in [6.07, 6.45) is 3.02. The van der Waals surface area contributed by atoms with E-state index in [0.717, 1.165) is 30.0 Å². The van der Waals surface area contributed by atoms with Crippen LogP contribution in [-0.2, 0) is 9.53 Å². The molecule has 0 saturated carbocycles. The molecule has 1 aromatic carbocycles. The highest BCUT2D eigenvalue weighted by Gasteiger charge is 2.23. The van der Waals surface area contributed by atoms with Gasteiger partial charge in [0.15, 0.2) is 0 Å². The second kappa shape index (κ2) is 7.79. The van der Waals surface area contributed by atoms with E-state index in [-0.39, 0.29) is 12.0 Å². The van der Waals surface area contributed by atoms with Gasteiger partial charge in [0, 0.05) is 12.3 Å². The molecule has 0 aliphatic carbocycles. The van der Waals surface area contributed by atoms with Gasteiger partial charge in [0.1, 0.15) is 17.7 Å². The van der Waals surface area contributed by atoms with Crippen LogP contribution in [-0.4, -0.2) is 30.2 Å². The Kier molecular flexibility index (Phi) is 5.28. The number of anilines is 3. The highest BCUT2D eigenvalue weighted by molar-refractivity contribution is 5.93. The van der Waals surface area contributed by atoms with Crippen molar-refractivity contribution >= 4 is 23.1 Å². The molecule has 2 N–H and O–H groups in total. The molecule has 1 fully saturated rings. The minimum absolute atomic E-state index is 0.132. The van der Waals surface area contributed by atoms with Crippen LogP contribution in [0.15, 0.2) is 42.6 Å². The topological polar surface area (TPSA) is 72.5 Å². The quantitative estimate of drug-likeness (QED) is 0.851. The average molecular weight is 327 g/mol. The first-order valence-electron chi connectivity index (χ1n) is 8.13. The Morgan fingerprint density at radius 2 is 2.04 bits per heavy atom. The summed E-state index contributed by atoms with van der Waals surface area (Å²) in [6, 6.07) is 11.3. The predicted molar refractivity (Wildman–Crippen MR) is 92.7 cm³/mol. The highest BCUT2D eigenvalue weighted by Crippen LogP contribution is 2.21. The van der Waals surface area contributed by atoms with Gasteiger partial charge in [0.25, 0.3) is 5.91 Å². The fourth-order valence-corrected chi connectivity index (χ4v) is 2.50. The van der Waals surface area contributed by atoms with Crippen LogP contribution in [0.3, 0.4) is 0 Å². The maximum absolute atomic E-state index is 12.0. The summed E-state index contributed by atoms with van der Waals surface area (Å²) >= 11 is 0. The summed E-state index contributed by atoms with van der Waals surface area (Å²) < 4.78 is 10.8. The predicted octanol–water partition coefficient (Wildman–Crippen LogP) is 3.34. The third-order valence-corrected chi connectivity index (χ3v) is 3.69. The largest absolute Gasteiger partial charge is 0.494 e. The molecule has 1 atom stereocenters. The lowest BCUT2D eigenvalue weighted by molar-refractivity contribution is -0.124. The average Bonchev–Trinajstić information content (AvgIpc) is 3.13. The Labute approximate surface area is 141 Å². The smallest absolute Gasteiger partial charge is 0.254 e. The molecular formula is C18H21N3O3. The molecule has 1 saturated heterocycles. The van der Waals surface area contributed by atoms with E-state index < -0.39 is 0 Å². The van der Waals surface area contributed by atoms with Crippen LogP contribution in [0.25, 0.3) is 0 Å². The number of hydrogen-bond donors (Lipinski definition) is 2. The molecule has 2 aromatic rings. The molecule has 6 heteroatoms. The molecule has 1 aliphatic heterocycles. The fraction of sp³-hybridized carbons (Fsp3) is 0.333. The lowest BCUT2D eigenvalue weighted by atomic mass is 10.2. The Morgan fingerprint density at radius 3 is 2.67 bits per heavy atom. The zero-order valence-corrected chi connectivity index (χ0v) is 13.6. The van der Waals surface area contributed by atoms with Crippen molar-refractivity contribution in [1.29, 1.82) is 0 Å². The van der Waals surface area contributed by atoms with Gasteiger partial charge in [-0.2, -0.15) is 0 Å². The number of nitrogens with one attached hydrogen (secondary N) is 2. The molecule has 1 aromatic heterocycles. The number of aromatic nitrogens is 1. The molecule has 6 nitrogen and oxygen atoms in total. The second-order valence-electron chi connectivity index (χ2n) is 5.51. The lowest BCUT2D eigenvalue weighted by Gasteiger charge is -2.11. The van der Waals surface area contributed by atoms with Crippen molar-refractivity contribution in [3.63, 3.8) is 0 Å². The summed E-state index contributed by atoms with van der Waals surface area (Å²) in [5.41, 5.74) is 1.78. The van der Waals surface area contributed by atoms with Gasteiger partial charge in [-0.3, -0.25) is 4.79 Å². The van der Waals surface area contributed by atoms with Gasteiger partial charge in [-0.25, -0.2) is 4.98 Å². The molecular weight excluding hydrogens is 306 g/mol. The minimum atomic E-state index is -0.353. The number of amides is 1. The van der Waals surface area contributed by atoms with Gasteiger partial charge in [-0.05, 0) is 56.2 Å². The van der Waals surface area contributed by atoms with Gasteiger partial charge in [-0.15, -0.1) is 0 Å². The highest BCUT2D eigenvalue weighted by atomic mass is 16.5. The number of carbonyl (C=O) groups is 1. The number of nitrogens with zero attached hydrogens (tertiary/aromatic N) is 1. The molecule has 126 valence electrons. The molecule has 24 heavy (non-hydrogen) atoms. The van der Waals surface area contributed by atoms with Gasteiger partial charge in [-0.1, -0.05) is 0 Å². The summed E-state index contributed by atoms with van der Waals surface area (Å²) in [5.74, 6) is 1.23. The summed E-state index contributed by atoms with van der Waals surface area (Å²) in [6.45, 7) is 3.25. The first kappa shape index (κ1) is 16.3. The van der Waals surface area contributed by atoms with Crippen molar-refractivity contribution in [1.82, 2.24) is 4.98 Å². The van der Waals surface area contributed by atoms with E-state index in [1.165, 1.54) is 0 Å². The third kappa shape index (κ3) is 4.23. The molecule has 1 unspecified atom stereocenters. The summed E-state index contributed by atoms with van der Waals surface area (Å²) in [5, 5.41) is 6.03. The molecule has 0 radical (unpaired) electrons. The molecule has 2 heterocycles. The van der Waals surface area contributed by atoms with Crippen molar-refractivity contribution in [2.45, 2.75) is 25.9 Å². The normalized spacial score (nSPS) is 16.6. The van der Waals surface area contributed by atoms with Crippen LogP contribution in [0, 0.1) is 0 Å². The Bertz CT molecular complexity index is 665. The van der Waals surface area contributed by atoms with Gasteiger partial charge < -0.3 is 20.1 Å². The van der Waals surface area contributed by atoms with Crippen LogP contribution in [0.5, 0.6) is 5.75 Å². The minimum Gasteiger partial charge on any atom is -0.494 e. The van der Waals surface area contributed by atoms with E-state index in [1.807, 2.05) is 37.3 Å². The number of ether oxygens (including phenoxy) is 2. The molecule has 3 rings (SSSR count). The zero-order valence-electron chi connectivity index (χ0n) is 13.6. The van der Waals surface area contributed by atoms with E-state index in [9.17, 15) is 4.79 Å². The summed E-state index contributed by atoms with van der Waals surface area (Å²) in [4.78, 5) is 16.2. The van der Waals surface area contributed by atoms with Crippen molar-refractivity contribution in [3.05, 3.63) is 42.6 Å². The Hall–Kier alpha value is -2.60. The van der Waals surface area contributed by atoms with E-state index in [0.29, 0.717) is 19.0 Å². The number of hydrogen-bond acceptors (Lipinski definition) is 5. The first-order chi connectivity index (χ1) is 11.7. The molecule has 0 bridgehead atoms. The van der Waals surface area contributed by atoms with E-state index >= 15 is 0 Å². The van der Waals surface area contributed by atoms with Crippen molar-refractivity contribution in [3.8, 4) is 5.75 Å². The molecule has 0 spiro atoms. The van der Waals surface area contributed by atoms with Crippen molar-refractivity contribution in [2.75, 3.05) is 23.8 Å². The van der Waals surface area contributed by atoms with E-state index in [2.05, 4.69) is 15.6 Å². The number of pyridine rings is 1. The van der Waals surface area contributed by atoms with E-state index in [4.69, 9.17) is 9.47 Å². The van der Waals surface area contributed by atoms with Crippen LogP contribution in [0.2, 0.25) is 0 Å². The standard InChI is InChI=1S/C18H21N3O3/c1-2-23-15-8-5-13(6-9-15)20-14-7-10-17(19-12-14)21-18(22)16-4-3-11-24-16/h5-10,12,16,20H,2-4,11H2,1H3,(H,19,21,22). The maximum Gasteiger partial charge on any atom is 0.254 e.